The number of hydrogen-bond acceptors (Lipinski definition) is 1. The molecule has 0 aromatic carbocycles. The Morgan fingerprint density at radius 3 is 2.21 bits per heavy atom. The van der Waals surface area contributed by atoms with Gasteiger partial charge in [0.2, 0.25) is 5.91 Å². The largest absolute Gasteiger partial charge is 0.343 e. The predicted octanol–water partition coefficient (Wildman–Crippen LogP) is 3.98. The van der Waals surface area contributed by atoms with Gasteiger partial charge in [0.25, 0.3) is 0 Å². The van der Waals surface area contributed by atoms with Crippen molar-refractivity contribution in [1.82, 2.24) is 4.90 Å². The minimum atomic E-state index is 0.327. The van der Waals surface area contributed by atoms with Gasteiger partial charge in [0.1, 0.15) is 0 Å². The summed E-state index contributed by atoms with van der Waals surface area (Å²) >= 11 is 4.03. The smallest absolute Gasteiger partial charge is 0.223 e. The van der Waals surface area contributed by atoms with E-state index in [0.29, 0.717) is 15.6 Å². The van der Waals surface area contributed by atoms with Crippen LogP contribution >= 0.6 is 15.9 Å². The van der Waals surface area contributed by atoms with Crippen LogP contribution in [0.4, 0.5) is 0 Å². The molecular weight excluding hydrogens is 302 g/mol. The van der Waals surface area contributed by atoms with Crippen molar-refractivity contribution in [3.05, 3.63) is 0 Å². The van der Waals surface area contributed by atoms with E-state index in [1.165, 1.54) is 38.5 Å². The zero-order valence-electron chi connectivity index (χ0n) is 12.3. The molecule has 0 spiro atoms. The van der Waals surface area contributed by atoms with Crippen LogP contribution in [0.2, 0.25) is 0 Å². The summed E-state index contributed by atoms with van der Waals surface area (Å²) in [5, 5.41) is 0. The first-order valence-electron chi connectivity index (χ1n) is 7.94. The number of hydrogen-bond donors (Lipinski definition) is 0. The Bertz CT molecular complexity index is 363. The summed E-state index contributed by atoms with van der Waals surface area (Å²) in [5.74, 6) is 2.15. The number of amides is 1. The molecule has 4 bridgehead atoms. The molecule has 0 heterocycles. The van der Waals surface area contributed by atoms with E-state index in [1.807, 2.05) is 4.90 Å². The molecule has 4 aliphatic carbocycles. The van der Waals surface area contributed by atoms with Crippen LogP contribution in [0.15, 0.2) is 0 Å². The SMILES string of the molecule is CCN(CC)C(=O)CC12CC3CC(CC(Br)(C3)C1)C2. The Kier molecular flexibility index (Phi) is 3.48. The van der Waals surface area contributed by atoms with Crippen molar-refractivity contribution in [1.29, 1.82) is 0 Å². The summed E-state index contributed by atoms with van der Waals surface area (Å²) in [7, 11) is 0. The Morgan fingerprint density at radius 2 is 1.74 bits per heavy atom. The number of carbonyl (C=O) groups excluding carboxylic acids is 1. The predicted molar refractivity (Wildman–Crippen MR) is 81.3 cm³/mol. The van der Waals surface area contributed by atoms with Crippen LogP contribution in [-0.4, -0.2) is 28.2 Å². The van der Waals surface area contributed by atoms with E-state index in [-0.39, 0.29) is 0 Å². The van der Waals surface area contributed by atoms with Gasteiger partial charge in [0, 0.05) is 23.8 Å². The van der Waals surface area contributed by atoms with Crippen molar-refractivity contribution in [2.24, 2.45) is 17.3 Å². The van der Waals surface area contributed by atoms with Crippen molar-refractivity contribution in [3.63, 3.8) is 0 Å². The second-order valence-electron chi connectivity index (χ2n) is 7.35. The third-order valence-electron chi connectivity index (χ3n) is 5.75. The van der Waals surface area contributed by atoms with E-state index >= 15 is 0 Å². The van der Waals surface area contributed by atoms with Crippen LogP contribution in [-0.2, 0) is 4.79 Å². The molecular formula is C16H26BrNO. The quantitative estimate of drug-likeness (QED) is 0.715. The maximum absolute atomic E-state index is 12.5. The van der Waals surface area contributed by atoms with E-state index in [4.69, 9.17) is 0 Å². The van der Waals surface area contributed by atoms with Gasteiger partial charge >= 0.3 is 0 Å². The topological polar surface area (TPSA) is 20.3 Å². The number of halogens is 1. The number of nitrogens with zero attached hydrogens (tertiary/aromatic N) is 1. The molecule has 19 heavy (non-hydrogen) atoms. The Morgan fingerprint density at radius 1 is 1.16 bits per heavy atom. The van der Waals surface area contributed by atoms with E-state index < -0.39 is 0 Å². The molecule has 0 radical (unpaired) electrons. The van der Waals surface area contributed by atoms with Crippen molar-refractivity contribution in [3.8, 4) is 0 Å². The zero-order valence-corrected chi connectivity index (χ0v) is 13.8. The van der Waals surface area contributed by atoms with Gasteiger partial charge in [-0.25, -0.2) is 0 Å². The van der Waals surface area contributed by atoms with Crippen molar-refractivity contribution < 1.29 is 4.79 Å². The Balaban J connectivity index is 1.75. The molecule has 4 saturated carbocycles. The summed E-state index contributed by atoms with van der Waals surface area (Å²) in [4.78, 5) is 14.5. The van der Waals surface area contributed by atoms with Gasteiger partial charge in [-0.3, -0.25) is 4.79 Å². The highest BCUT2D eigenvalue weighted by molar-refractivity contribution is 9.10. The first kappa shape index (κ1) is 13.9. The fraction of sp³-hybridized carbons (Fsp3) is 0.938. The van der Waals surface area contributed by atoms with Crippen molar-refractivity contribution in [2.75, 3.05) is 13.1 Å². The van der Waals surface area contributed by atoms with Crippen molar-refractivity contribution >= 4 is 21.8 Å². The fourth-order valence-corrected chi connectivity index (χ4v) is 7.06. The molecule has 1 amide bonds. The molecule has 2 nitrogen and oxygen atoms in total. The van der Waals surface area contributed by atoms with Gasteiger partial charge in [0.05, 0.1) is 0 Å². The molecule has 2 atom stereocenters. The lowest BCUT2D eigenvalue weighted by Crippen LogP contribution is -2.54. The second kappa shape index (κ2) is 4.75. The summed E-state index contributed by atoms with van der Waals surface area (Å²) in [6.07, 6.45) is 8.78. The molecule has 3 heteroatoms. The lowest BCUT2D eigenvalue weighted by atomic mass is 9.48. The molecule has 4 fully saturated rings. The Labute approximate surface area is 125 Å². The van der Waals surface area contributed by atoms with Crippen LogP contribution in [0.25, 0.3) is 0 Å². The zero-order chi connectivity index (χ0) is 13.7. The van der Waals surface area contributed by atoms with Crippen LogP contribution in [0, 0.1) is 17.3 Å². The lowest BCUT2D eigenvalue weighted by Gasteiger charge is -2.60. The van der Waals surface area contributed by atoms with E-state index in [9.17, 15) is 4.79 Å². The number of rotatable bonds is 4. The van der Waals surface area contributed by atoms with Gasteiger partial charge in [-0.2, -0.15) is 0 Å². The molecule has 0 aromatic heterocycles. The van der Waals surface area contributed by atoms with Crippen LogP contribution < -0.4 is 0 Å². The minimum Gasteiger partial charge on any atom is -0.343 e. The standard InChI is InChI=1S/C16H26BrNO/c1-3-18(4-2)14(19)10-15-6-12-5-13(7-15)9-16(17,8-12)11-15/h12-13H,3-11H2,1-2H3. The maximum atomic E-state index is 12.5. The first-order valence-corrected chi connectivity index (χ1v) is 8.73. The highest BCUT2D eigenvalue weighted by Gasteiger charge is 2.57. The molecule has 108 valence electrons. The average molecular weight is 328 g/mol. The fourth-order valence-electron chi connectivity index (χ4n) is 5.55. The number of carbonyl (C=O) groups is 1. The lowest BCUT2D eigenvalue weighted by molar-refractivity contribution is -0.138. The number of alkyl halides is 1. The normalized spacial score (nSPS) is 43.5. The molecule has 0 saturated heterocycles. The molecule has 2 unspecified atom stereocenters. The van der Waals surface area contributed by atoms with Gasteiger partial charge in [-0.1, -0.05) is 15.9 Å². The maximum Gasteiger partial charge on any atom is 0.223 e. The third-order valence-corrected chi connectivity index (χ3v) is 6.68. The van der Waals surface area contributed by atoms with Crippen LogP contribution in [0.1, 0.15) is 58.8 Å². The van der Waals surface area contributed by atoms with Crippen LogP contribution in [0.3, 0.4) is 0 Å². The molecule has 4 rings (SSSR count). The summed E-state index contributed by atoms with van der Waals surface area (Å²) < 4.78 is 0.376. The molecule has 4 aliphatic rings. The summed E-state index contributed by atoms with van der Waals surface area (Å²) in [6, 6.07) is 0. The highest BCUT2D eigenvalue weighted by Crippen LogP contribution is 2.65. The van der Waals surface area contributed by atoms with E-state index in [2.05, 4.69) is 29.8 Å². The summed E-state index contributed by atoms with van der Waals surface area (Å²) in [5.41, 5.74) is 0.327. The van der Waals surface area contributed by atoms with Gasteiger partial charge < -0.3 is 4.90 Å². The van der Waals surface area contributed by atoms with E-state index in [1.54, 1.807) is 0 Å². The second-order valence-corrected chi connectivity index (χ2v) is 9.04. The van der Waals surface area contributed by atoms with E-state index in [0.717, 1.165) is 31.3 Å². The van der Waals surface area contributed by atoms with Gasteiger partial charge in [-0.05, 0) is 69.6 Å². The monoisotopic (exact) mass is 327 g/mol. The molecule has 0 N–H and O–H groups in total. The molecule has 0 aliphatic heterocycles. The highest BCUT2D eigenvalue weighted by atomic mass is 79.9. The first-order chi connectivity index (χ1) is 8.97. The summed E-state index contributed by atoms with van der Waals surface area (Å²) in [6.45, 7) is 5.90. The van der Waals surface area contributed by atoms with Gasteiger partial charge in [-0.15, -0.1) is 0 Å². The van der Waals surface area contributed by atoms with Crippen molar-refractivity contribution in [2.45, 2.75) is 63.1 Å². The van der Waals surface area contributed by atoms with Crippen LogP contribution in [0.5, 0.6) is 0 Å². The average Bonchev–Trinajstić information content (AvgIpc) is 2.25. The van der Waals surface area contributed by atoms with Gasteiger partial charge in [0.15, 0.2) is 0 Å². The Hall–Kier alpha value is -0.0500. The minimum absolute atomic E-state index is 0.327. The molecule has 0 aromatic rings. The third kappa shape index (κ3) is 2.48.